The molecule has 0 bridgehead atoms. The van der Waals surface area contributed by atoms with Crippen molar-refractivity contribution in [2.24, 2.45) is 0 Å². The highest BCUT2D eigenvalue weighted by molar-refractivity contribution is 7.92. The third kappa shape index (κ3) is 2.97. The van der Waals surface area contributed by atoms with E-state index in [1.165, 1.54) is 12.1 Å². The molecule has 0 amide bonds. The summed E-state index contributed by atoms with van der Waals surface area (Å²) >= 11 is 0. The van der Waals surface area contributed by atoms with Gasteiger partial charge in [0.2, 0.25) is 0 Å². The molecule has 1 heterocycles. The number of aromatic nitrogens is 2. The monoisotopic (exact) mass is 310 g/mol. The maximum atomic E-state index is 12.6. The van der Waals surface area contributed by atoms with Gasteiger partial charge in [0.1, 0.15) is 12.4 Å². The number of rotatable bonds is 5. The highest BCUT2D eigenvalue weighted by atomic mass is 32.2. The Balaban J connectivity index is 2.56. The number of aromatic amines is 1. The van der Waals surface area contributed by atoms with Crippen molar-refractivity contribution in [2.75, 3.05) is 16.6 Å². The van der Waals surface area contributed by atoms with Gasteiger partial charge < -0.3 is 15.8 Å². The molecule has 0 aliphatic rings. The fourth-order valence-corrected chi connectivity index (χ4v) is 3.19. The van der Waals surface area contributed by atoms with E-state index >= 15 is 0 Å². The fraction of sp³-hybridized carbons (Fsp3) is 0.167. The number of aryl methyl sites for hydroxylation is 1. The molecule has 0 unspecified atom stereocenters. The molecule has 1 aromatic carbocycles. The number of nitrogens with zero attached hydrogens (tertiary/aromatic N) is 2. The molecule has 0 fully saturated rings. The minimum absolute atomic E-state index is 0.104. The summed E-state index contributed by atoms with van der Waals surface area (Å²) in [6, 6.07) is 6.15. The SMILES string of the molecule is Cc1ncc(S(=O)(=O)N(CC(=O)O)c2ccccc2N)[nH]1. The minimum atomic E-state index is -4.10. The van der Waals surface area contributed by atoms with E-state index < -0.39 is 22.5 Å². The molecular weight excluding hydrogens is 296 g/mol. The maximum absolute atomic E-state index is 12.6. The lowest BCUT2D eigenvalue weighted by Crippen LogP contribution is -2.36. The number of hydrogen-bond acceptors (Lipinski definition) is 5. The van der Waals surface area contributed by atoms with Gasteiger partial charge in [0.15, 0.2) is 5.03 Å². The molecule has 0 aliphatic heterocycles. The Morgan fingerprint density at radius 2 is 2.10 bits per heavy atom. The number of aliphatic carboxylic acids is 1. The molecule has 8 nitrogen and oxygen atoms in total. The Bertz CT molecular complexity index is 769. The number of H-pyrrole nitrogens is 1. The Kier molecular flexibility index (Phi) is 3.85. The Morgan fingerprint density at radius 1 is 1.43 bits per heavy atom. The van der Waals surface area contributed by atoms with Crippen molar-refractivity contribution >= 4 is 27.4 Å². The van der Waals surface area contributed by atoms with Gasteiger partial charge in [0, 0.05) is 0 Å². The second-order valence-electron chi connectivity index (χ2n) is 4.30. The summed E-state index contributed by atoms with van der Waals surface area (Å²) < 4.78 is 25.9. The molecule has 0 spiro atoms. The standard InChI is InChI=1S/C12H14N4O4S/c1-8-14-6-11(15-8)21(19,20)16(7-12(17)18)10-5-3-2-4-9(10)13/h2-6H,7,13H2,1H3,(H,14,15)(H,17,18). The number of sulfonamides is 1. The number of nitrogen functional groups attached to an aromatic ring is 1. The van der Waals surface area contributed by atoms with E-state index in [0.717, 1.165) is 10.5 Å². The number of benzene rings is 1. The van der Waals surface area contributed by atoms with Crippen LogP contribution in [0.1, 0.15) is 5.82 Å². The van der Waals surface area contributed by atoms with Crippen LogP contribution in [0.15, 0.2) is 35.5 Å². The molecule has 9 heteroatoms. The normalized spacial score (nSPS) is 11.3. The molecular formula is C12H14N4O4S. The first-order valence-corrected chi connectivity index (χ1v) is 7.37. The molecule has 1 aromatic heterocycles. The molecule has 21 heavy (non-hydrogen) atoms. The summed E-state index contributed by atoms with van der Waals surface area (Å²) in [7, 11) is -4.10. The van der Waals surface area contributed by atoms with Crippen LogP contribution in [0.25, 0.3) is 0 Å². The molecule has 2 aromatic rings. The van der Waals surface area contributed by atoms with E-state index in [2.05, 4.69) is 9.97 Å². The average Bonchev–Trinajstić information content (AvgIpc) is 2.84. The summed E-state index contributed by atoms with van der Waals surface area (Å²) in [5.41, 5.74) is 6.02. The topological polar surface area (TPSA) is 129 Å². The highest BCUT2D eigenvalue weighted by Crippen LogP contribution is 2.27. The van der Waals surface area contributed by atoms with Crippen molar-refractivity contribution in [2.45, 2.75) is 11.9 Å². The van der Waals surface area contributed by atoms with Crippen molar-refractivity contribution < 1.29 is 18.3 Å². The van der Waals surface area contributed by atoms with Crippen molar-refractivity contribution in [3.63, 3.8) is 0 Å². The zero-order chi connectivity index (χ0) is 15.6. The van der Waals surface area contributed by atoms with Crippen molar-refractivity contribution in [3.8, 4) is 0 Å². The summed E-state index contributed by atoms with van der Waals surface area (Å²) in [6.07, 6.45) is 1.14. The Hall–Kier alpha value is -2.55. The smallest absolute Gasteiger partial charge is 0.324 e. The summed E-state index contributed by atoms with van der Waals surface area (Å²) in [5, 5.41) is 8.79. The first-order valence-electron chi connectivity index (χ1n) is 5.93. The third-order valence-electron chi connectivity index (χ3n) is 2.73. The van der Waals surface area contributed by atoms with E-state index in [9.17, 15) is 13.2 Å². The van der Waals surface area contributed by atoms with E-state index in [1.54, 1.807) is 19.1 Å². The van der Waals surface area contributed by atoms with Gasteiger partial charge in [-0.2, -0.15) is 8.42 Å². The zero-order valence-corrected chi connectivity index (χ0v) is 12.0. The van der Waals surface area contributed by atoms with E-state index in [1.807, 2.05) is 0 Å². The number of para-hydroxylation sites is 2. The first kappa shape index (κ1) is 14.9. The molecule has 0 atom stereocenters. The zero-order valence-electron chi connectivity index (χ0n) is 11.1. The van der Waals surface area contributed by atoms with Gasteiger partial charge in [-0.25, -0.2) is 4.98 Å². The molecule has 0 aliphatic carbocycles. The van der Waals surface area contributed by atoms with Crippen LogP contribution in [-0.4, -0.2) is 36.0 Å². The number of nitrogens with two attached hydrogens (primary N) is 1. The molecule has 0 saturated carbocycles. The predicted octanol–water partition coefficient (Wildman–Crippen LogP) is 0.580. The van der Waals surface area contributed by atoms with Crippen LogP contribution >= 0.6 is 0 Å². The van der Waals surface area contributed by atoms with Crippen LogP contribution in [-0.2, 0) is 14.8 Å². The number of nitrogens with one attached hydrogen (secondary N) is 1. The second kappa shape index (κ2) is 5.44. The number of carboxylic acids is 1. The van der Waals surface area contributed by atoms with E-state index in [4.69, 9.17) is 10.8 Å². The largest absolute Gasteiger partial charge is 0.480 e. The molecule has 4 N–H and O–H groups in total. The van der Waals surface area contributed by atoms with Gasteiger partial charge in [0.25, 0.3) is 10.0 Å². The van der Waals surface area contributed by atoms with Crippen LogP contribution in [0, 0.1) is 6.92 Å². The fourth-order valence-electron chi connectivity index (χ4n) is 1.79. The summed E-state index contributed by atoms with van der Waals surface area (Å²) in [4.78, 5) is 17.4. The van der Waals surface area contributed by atoms with Crippen molar-refractivity contribution in [1.82, 2.24) is 9.97 Å². The number of carbonyl (C=O) groups is 1. The van der Waals surface area contributed by atoms with E-state index in [-0.39, 0.29) is 16.4 Å². The van der Waals surface area contributed by atoms with E-state index in [0.29, 0.717) is 5.82 Å². The van der Waals surface area contributed by atoms with Crippen LogP contribution in [0.3, 0.4) is 0 Å². The summed E-state index contributed by atoms with van der Waals surface area (Å²) in [6.45, 7) is 0.853. The molecule has 0 radical (unpaired) electrons. The number of carboxylic acid groups (broad SMARTS) is 1. The maximum Gasteiger partial charge on any atom is 0.324 e. The van der Waals surface area contributed by atoms with Crippen LogP contribution < -0.4 is 10.0 Å². The predicted molar refractivity (Wildman–Crippen MR) is 76.3 cm³/mol. The van der Waals surface area contributed by atoms with Crippen LogP contribution in [0.5, 0.6) is 0 Å². The van der Waals surface area contributed by atoms with Crippen molar-refractivity contribution in [3.05, 3.63) is 36.3 Å². The molecule has 0 saturated heterocycles. The quantitative estimate of drug-likeness (QED) is 0.693. The van der Waals surface area contributed by atoms with Gasteiger partial charge in [-0.15, -0.1) is 0 Å². The lowest BCUT2D eigenvalue weighted by molar-refractivity contribution is -0.135. The lowest BCUT2D eigenvalue weighted by Gasteiger charge is -2.23. The second-order valence-corrected chi connectivity index (χ2v) is 6.13. The number of hydrogen-bond donors (Lipinski definition) is 3. The first-order chi connectivity index (χ1) is 9.82. The highest BCUT2D eigenvalue weighted by Gasteiger charge is 2.29. The Labute approximate surface area is 121 Å². The third-order valence-corrected chi connectivity index (χ3v) is 4.40. The average molecular weight is 310 g/mol. The van der Waals surface area contributed by atoms with Gasteiger partial charge >= 0.3 is 5.97 Å². The van der Waals surface area contributed by atoms with Gasteiger partial charge in [-0.05, 0) is 19.1 Å². The molecule has 112 valence electrons. The van der Waals surface area contributed by atoms with Crippen molar-refractivity contribution in [1.29, 1.82) is 0 Å². The molecule has 2 rings (SSSR count). The van der Waals surface area contributed by atoms with Gasteiger partial charge in [0.05, 0.1) is 17.6 Å². The van der Waals surface area contributed by atoms with Crippen LogP contribution in [0.4, 0.5) is 11.4 Å². The van der Waals surface area contributed by atoms with Gasteiger partial charge in [-0.1, -0.05) is 12.1 Å². The lowest BCUT2D eigenvalue weighted by atomic mass is 10.3. The number of anilines is 2. The number of imidazole rings is 1. The minimum Gasteiger partial charge on any atom is -0.480 e. The summed E-state index contributed by atoms with van der Waals surface area (Å²) in [5.74, 6) is -0.886. The van der Waals surface area contributed by atoms with Crippen LogP contribution in [0.2, 0.25) is 0 Å². The van der Waals surface area contributed by atoms with Gasteiger partial charge in [-0.3, -0.25) is 9.10 Å². The Morgan fingerprint density at radius 3 is 2.62 bits per heavy atom.